The first-order valence-corrected chi connectivity index (χ1v) is 6.62. The zero-order valence-corrected chi connectivity index (χ0v) is 12.3. The lowest BCUT2D eigenvalue weighted by Crippen LogP contribution is -2.11. The topological polar surface area (TPSA) is 57.0 Å². The molecule has 1 heterocycles. The van der Waals surface area contributed by atoms with Crippen molar-refractivity contribution in [2.24, 2.45) is 0 Å². The normalized spacial score (nSPS) is 11.4. The second-order valence-corrected chi connectivity index (χ2v) is 5.57. The Morgan fingerprint density at radius 2 is 1.90 bits per heavy atom. The molecule has 0 atom stereocenters. The van der Waals surface area contributed by atoms with E-state index in [2.05, 4.69) is 31.1 Å². The molecule has 2 rings (SSSR count). The number of benzene rings is 1. The molecule has 0 spiro atoms. The van der Waals surface area contributed by atoms with Crippen LogP contribution in [0.3, 0.4) is 0 Å². The van der Waals surface area contributed by atoms with Gasteiger partial charge in [-0.2, -0.15) is 0 Å². The summed E-state index contributed by atoms with van der Waals surface area (Å²) in [5, 5.41) is 8.29. The van der Waals surface area contributed by atoms with Crippen molar-refractivity contribution in [3.63, 3.8) is 0 Å². The monoisotopic (exact) mass is 273 g/mol. The van der Waals surface area contributed by atoms with Crippen LogP contribution in [0.25, 0.3) is 5.69 Å². The molecule has 0 radical (unpaired) electrons. The number of ether oxygens (including phenoxy) is 1. The van der Waals surface area contributed by atoms with Crippen molar-refractivity contribution in [3.05, 3.63) is 41.7 Å². The second-order valence-electron chi connectivity index (χ2n) is 5.57. The molecule has 5 heteroatoms. The molecule has 0 N–H and O–H groups in total. The summed E-state index contributed by atoms with van der Waals surface area (Å²) in [4.78, 5) is 11.6. The van der Waals surface area contributed by atoms with Gasteiger partial charge in [-0.15, -0.1) is 5.10 Å². The van der Waals surface area contributed by atoms with Gasteiger partial charge in [-0.1, -0.05) is 26.0 Å². The van der Waals surface area contributed by atoms with Crippen LogP contribution in [0.4, 0.5) is 0 Å². The number of rotatable bonds is 3. The van der Waals surface area contributed by atoms with Gasteiger partial charge < -0.3 is 4.74 Å². The molecular weight excluding hydrogens is 254 g/mol. The molecule has 106 valence electrons. The molecule has 0 aliphatic rings. The predicted molar refractivity (Wildman–Crippen MR) is 76.0 cm³/mol. The number of carbonyl (C=O) groups is 1. The first kappa shape index (κ1) is 14.2. The first-order valence-electron chi connectivity index (χ1n) is 6.62. The molecule has 2 aromatic rings. The first-order chi connectivity index (χ1) is 9.41. The van der Waals surface area contributed by atoms with Crippen molar-refractivity contribution in [3.8, 4) is 5.69 Å². The highest BCUT2D eigenvalue weighted by atomic mass is 16.5. The fourth-order valence-corrected chi connectivity index (χ4v) is 1.70. The van der Waals surface area contributed by atoms with Gasteiger partial charge >= 0.3 is 5.97 Å². The zero-order chi connectivity index (χ0) is 14.8. The molecule has 0 amide bonds. The molecule has 20 heavy (non-hydrogen) atoms. The third-order valence-electron chi connectivity index (χ3n) is 2.90. The highest BCUT2D eigenvalue weighted by Crippen LogP contribution is 2.20. The third kappa shape index (κ3) is 3.04. The molecule has 0 saturated heterocycles. The summed E-state index contributed by atoms with van der Waals surface area (Å²) in [6.07, 6.45) is 1.90. The molecule has 0 fully saturated rings. The van der Waals surface area contributed by atoms with Crippen LogP contribution in [-0.2, 0) is 10.2 Å². The summed E-state index contributed by atoms with van der Waals surface area (Å²) in [6.45, 7) is 8.43. The van der Waals surface area contributed by atoms with Gasteiger partial charge in [0, 0.05) is 5.41 Å². The molecule has 1 aromatic carbocycles. The van der Waals surface area contributed by atoms with Crippen molar-refractivity contribution in [1.29, 1.82) is 0 Å². The Bertz CT molecular complexity index is 594. The van der Waals surface area contributed by atoms with E-state index in [-0.39, 0.29) is 11.4 Å². The van der Waals surface area contributed by atoms with Gasteiger partial charge in [0.05, 0.1) is 29.7 Å². The Hall–Kier alpha value is -2.17. The minimum atomic E-state index is -0.312. The highest BCUT2D eigenvalue weighted by Gasteiger charge is 2.18. The third-order valence-corrected chi connectivity index (χ3v) is 2.90. The lowest BCUT2D eigenvalue weighted by Gasteiger charge is -2.12. The van der Waals surface area contributed by atoms with Gasteiger partial charge in [0.25, 0.3) is 0 Å². The van der Waals surface area contributed by atoms with Crippen molar-refractivity contribution >= 4 is 5.97 Å². The Kier molecular flexibility index (Phi) is 3.88. The van der Waals surface area contributed by atoms with Crippen molar-refractivity contribution in [1.82, 2.24) is 15.0 Å². The summed E-state index contributed by atoms with van der Waals surface area (Å²) in [5.74, 6) is -0.312. The van der Waals surface area contributed by atoms with E-state index in [4.69, 9.17) is 4.74 Å². The molecule has 0 aliphatic carbocycles. The van der Waals surface area contributed by atoms with Crippen LogP contribution in [0.1, 0.15) is 43.7 Å². The predicted octanol–water partition coefficient (Wildman–Crippen LogP) is 2.74. The maximum absolute atomic E-state index is 11.6. The molecular formula is C15H19N3O2. The fraction of sp³-hybridized carbons (Fsp3) is 0.400. The maximum atomic E-state index is 11.6. The number of hydrogen-bond donors (Lipinski definition) is 0. The van der Waals surface area contributed by atoms with Gasteiger partial charge in [0.1, 0.15) is 0 Å². The average Bonchev–Trinajstić information content (AvgIpc) is 2.89. The lowest BCUT2D eigenvalue weighted by atomic mass is 9.93. The molecule has 0 bridgehead atoms. The van der Waals surface area contributed by atoms with E-state index < -0.39 is 0 Å². The summed E-state index contributed by atoms with van der Waals surface area (Å²) in [5.41, 5.74) is 2.28. The molecule has 0 aliphatic heterocycles. The summed E-state index contributed by atoms with van der Waals surface area (Å²) in [6, 6.07) is 7.11. The smallest absolute Gasteiger partial charge is 0.338 e. The summed E-state index contributed by atoms with van der Waals surface area (Å²) in [7, 11) is 0. The molecule has 0 saturated carbocycles. The fourth-order valence-electron chi connectivity index (χ4n) is 1.70. The van der Waals surface area contributed by atoms with Crippen LogP contribution in [0.5, 0.6) is 0 Å². The van der Waals surface area contributed by atoms with E-state index in [0.717, 1.165) is 11.4 Å². The van der Waals surface area contributed by atoms with E-state index in [1.165, 1.54) is 0 Å². The van der Waals surface area contributed by atoms with Crippen LogP contribution in [0, 0.1) is 0 Å². The van der Waals surface area contributed by atoms with Crippen molar-refractivity contribution < 1.29 is 9.53 Å². The van der Waals surface area contributed by atoms with Gasteiger partial charge in [0.2, 0.25) is 0 Å². The minimum absolute atomic E-state index is 0.0386. The zero-order valence-electron chi connectivity index (χ0n) is 12.3. The number of carbonyl (C=O) groups excluding carboxylic acids is 1. The second kappa shape index (κ2) is 5.45. The van der Waals surface area contributed by atoms with Crippen LogP contribution >= 0.6 is 0 Å². The summed E-state index contributed by atoms with van der Waals surface area (Å²) >= 11 is 0. The maximum Gasteiger partial charge on any atom is 0.338 e. The van der Waals surface area contributed by atoms with Crippen LogP contribution < -0.4 is 0 Å². The van der Waals surface area contributed by atoms with E-state index >= 15 is 0 Å². The standard InChI is InChI=1S/C15H19N3O2/c1-5-20-14(19)11-6-8-12(9-7-11)18-10-13(16-17-18)15(2,3)4/h6-10H,5H2,1-4H3. The van der Waals surface area contributed by atoms with E-state index in [1.54, 1.807) is 23.7 Å². The number of nitrogens with zero attached hydrogens (tertiary/aromatic N) is 3. The SMILES string of the molecule is CCOC(=O)c1ccc(-n2cc(C(C)(C)C)nn2)cc1. The Morgan fingerprint density at radius 3 is 2.40 bits per heavy atom. The van der Waals surface area contributed by atoms with Crippen LogP contribution in [0.2, 0.25) is 0 Å². The number of hydrogen-bond acceptors (Lipinski definition) is 4. The molecule has 1 aromatic heterocycles. The van der Waals surface area contributed by atoms with Crippen LogP contribution in [0.15, 0.2) is 30.5 Å². The molecule has 5 nitrogen and oxygen atoms in total. The molecule has 0 unspecified atom stereocenters. The quantitative estimate of drug-likeness (QED) is 0.807. The van der Waals surface area contributed by atoms with Gasteiger partial charge in [-0.3, -0.25) is 0 Å². The largest absolute Gasteiger partial charge is 0.462 e. The Balaban J connectivity index is 2.22. The van der Waals surface area contributed by atoms with Gasteiger partial charge in [-0.05, 0) is 31.2 Å². The number of esters is 1. The van der Waals surface area contributed by atoms with E-state index in [0.29, 0.717) is 12.2 Å². The summed E-state index contributed by atoms with van der Waals surface area (Å²) < 4.78 is 6.65. The lowest BCUT2D eigenvalue weighted by molar-refractivity contribution is 0.0526. The minimum Gasteiger partial charge on any atom is -0.462 e. The van der Waals surface area contributed by atoms with E-state index in [1.807, 2.05) is 18.3 Å². The number of aromatic nitrogens is 3. The van der Waals surface area contributed by atoms with Gasteiger partial charge in [0.15, 0.2) is 0 Å². The van der Waals surface area contributed by atoms with Gasteiger partial charge in [-0.25, -0.2) is 9.48 Å². The highest BCUT2D eigenvalue weighted by molar-refractivity contribution is 5.89. The van der Waals surface area contributed by atoms with Crippen molar-refractivity contribution in [2.75, 3.05) is 6.61 Å². The Labute approximate surface area is 118 Å². The van der Waals surface area contributed by atoms with Crippen molar-refractivity contribution in [2.45, 2.75) is 33.1 Å². The average molecular weight is 273 g/mol. The van der Waals surface area contributed by atoms with E-state index in [9.17, 15) is 4.79 Å². The van der Waals surface area contributed by atoms with Crippen LogP contribution in [-0.4, -0.2) is 27.6 Å². The Morgan fingerprint density at radius 1 is 1.25 bits per heavy atom.